The third-order valence-electron chi connectivity index (χ3n) is 12.0. The Morgan fingerprint density at radius 1 is 1.00 bits per heavy atom. The number of rotatable bonds is 13. The topological polar surface area (TPSA) is 120 Å². The molecule has 5 atom stereocenters. The van der Waals surface area contributed by atoms with E-state index >= 15 is 4.79 Å². The summed E-state index contributed by atoms with van der Waals surface area (Å²) in [6.07, 6.45) is 1.14. The zero-order valence-electron chi connectivity index (χ0n) is 32.2. The van der Waals surface area contributed by atoms with Gasteiger partial charge in [-0.25, -0.2) is 0 Å². The molecule has 0 bridgehead atoms. The minimum atomic E-state index is -2.55. The molecule has 3 aliphatic heterocycles. The Morgan fingerprint density at radius 2 is 1.69 bits per heavy atom. The zero-order chi connectivity index (χ0) is 38.7. The van der Waals surface area contributed by atoms with Crippen molar-refractivity contribution in [3.05, 3.63) is 120 Å². The lowest BCUT2D eigenvalue weighted by Gasteiger charge is -2.37. The lowest BCUT2D eigenvalue weighted by Crippen LogP contribution is -2.52. The highest BCUT2D eigenvalue weighted by atomic mass is 28.3. The van der Waals surface area contributed by atoms with Crippen LogP contribution in [-0.2, 0) is 37.8 Å². The molecule has 4 aromatic rings. The highest BCUT2D eigenvalue weighted by molar-refractivity contribution is 6.91. The Kier molecular flexibility index (Phi) is 11.3. The van der Waals surface area contributed by atoms with E-state index in [-0.39, 0.29) is 54.8 Å². The van der Waals surface area contributed by atoms with Crippen LogP contribution in [-0.4, -0.2) is 74.8 Å². The summed E-state index contributed by atoms with van der Waals surface area (Å²) in [4.78, 5) is 46.6. The first-order valence-electron chi connectivity index (χ1n) is 19.4. The SMILES string of the molecule is COc1ccc([Si](C)(C)[C@@H]2[C@@H](CC(=O)N(CCO)Cc3ccccc3)O[C@]3(C(=O)N(Cc4ccccc4)c4ccc(NC(=O)[C@H]5CCCN5)cc43)[C@H]2C)cc1. The smallest absolute Gasteiger partial charge is 0.264 e. The number of amides is 3. The number of carbonyl (C=O) groups is 3. The van der Waals surface area contributed by atoms with E-state index in [9.17, 15) is 14.7 Å². The second kappa shape index (κ2) is 16.1. The van der Waals surface area contributed by atoms with Gasteiger partial charge in [-0.2, -0.15) is 0 Å². The van der Waals surface area contributed by atoms with Crippen molar-refractivity contribution in [2.24, 2.45) is 5.92 Å². The highest BCUT2D eigenvalue weighted by Gasteiger charge is 2.66. The molecule has 7 rings (SSSR count). The number of aliphatic hydroxyl groups excluding tert-OH is 1. The number of hydrogen-bond donors (Lipinski definition) is 3. The number of benzene rings is 4. The number of ether oxygens (including phenoxy) is 2. The second-order valence-electron chi connectivity index (χ2n) is 15.6. The number of fused-ring (bicyclic) bond motifs is 2. The Morgan fingerprint density at radius 3 is 2.33 bits per heavy atom. The quantitative estimate of drug-likeness (QED) is 0.153. The largest absolute Gasteiger partial charge is 0.497 e. The second-order valence-corrected chi connectivity index (χ2v) is 20.3. The minimum Gasteiger partial charge on any atom is -0.497 e. The van der Waals surface area contributed by atoms with Crippen molar-refractivity contribution >= 4 is 42.4 Å². The Labute approximate surface area is 324 Å². The van der Waals surface area contributed by atoms with E-state index in [4.69, 9.17) is 9.47 Å². The highest BCUT2D eigenvalue weighted by Crippen LogP contribution is 2.60. The van der Waals surface area contributed by atoms with Crippen LogP contribution in [0, 0.1) is 5.92 Å². The lowest BCUT2D eigenvalue weighted by molar-refractivity contribution is -0.150. The van der Waals surface area contributed by atoms with Crippen LogP contribution in [0.3, 0.4) is 0 Å². The van der Waals surface area contributed by atoms with Gasteiger partial charge in [0.25, 0.3) is 5.91 Å². The first-order chi connectivity index (χ1) is 26.6. The van der Waals surface area contributed by atoms with Crippen molar-refractivity contribution in [2.75, 3.05) is 37.0 Å². The number of nitrogens with zero attached hydrogens (tertiary/aromatic N) is 2. The van der Waals surface area contributed by atoms with E-state index < -0.39 is 19.8 Å². The molecule has 3 amide bonds. The number of methoxy groups -OCH3 is 1. The molecule has 10 nitrogen and oxygen atoms in total. The summed E-state index contributed by atoms with van der Waals surface area (Å²) < 4.78 is 12.8. The van der Waals surface area contributed by atoms with Gasteiger partial charge in [-0.1, -0.05) is 98.0 Å². The van der Waals surface area contributed by atoms with Gasteiger partial charge in [0.1, 0.15) is 5.75 Å². The molecule has 3 heterocycles. The van der Waals surface area contributed by atoms with Crippen LogP contribution in [0.5, 0.6) is 5.75 Å². The fourth-order valence-corrected chi connectivity index (χ4v) is 13.2. The molecule has 0 aliphatic carbocycles. The van der Waals surface area contributed by atoms with Crippen LogP contribution in [0.15, 0.2) is 103 Å². The van der Waals surface area contributed by atoms with Crippen LogP contribution in [0.1, 0.15) is 42.9 Å². The first kappa shape index (κ1) is 38.5. The molecule has 55 heavy (non-hydrogen) atoms. The van der Waals surface area contributed by atoms with Crippen molar-refractivity contribution in [2.45, 2.75) is 75.7 Å². The lowest BCUT2D eigenvalue weighted by atomic mass is 9.82. The maximum Gasteiger partial charge on any atom is 0.264 e. The number of anilines is 2. The molecule has 0 radical (unpaired) electrons. The predicted octanol–water partition coefficient (Wildman–Crippen LogP) is 5.56. The van der Waals surface area contributed by atoms with Gasteiger partial charge in [-0.15, -0.1) is 0 Å². The van der Waals surface area contributed by atoms with Gasteiger partial charge >= 0.3 is 0 Å². The van der Waals surface area contributed by atoms with E-state index in [2.05, 4.69) is 42.8 Å². The standard InChI is InChI=1S/C44H52N4O6Si/c1-30-41(55(3,4)35-20-18-34(53-2)19-21-35)39(27-40(50)47(24-25-49)28-31-12-7-5-8-13-31)54-44(30)36-26-33(46-42(51)37-16-11-23-45-37)17-22-38(36)48(43(44)52)29-32-14-9-6-10-15-32/h5-10,12-15,17-22,26,30,37,39,41,45,49H,11,16,23-25,27-29H2,1-4H3,(H,46,51)/t30-,37+,39+,41-,44+/m0/s1. The van der Waals surface area contributed by atoms with Gasteiger partial charge in [-0.05, 0) is 66.4 Å². The maximum atomic E-state index is 15.3. The summed E-state index contributed by atoms with van der Waals surface area (Å²) in [5, 5.41) is 17.6. The van der Waals surface area contributed by atoms with Gasteiger partial charge in [0, 0.05) is 30.3 Å². The number of hydrogen-bond acceptors (Lipinski definition) is 7. The average Bonchev–Trinajstić information content (AvgIpc) is 3.90. The molecule has 3 N–H and O–H groups in total. The number of carbonyl (C=O) groups excluding carboxylic acids is 3. The number of nitrogens with one attached hydrogen (secondary N) is 2. The van der Waals surface area contributed by atoms with Crippen molar-refractivity contribution in [3.8, 4) is 5.75 Å². The Balaban J connectivity index is 1.31. The molecule has 2 fully saturated rings. The van der Waals surface area contributed by atoms with Crippen LogP contribution >= 0.6 is 0 Å². The van der Waals surface area contributed by atoms with Gasteiger partial charge in [0.15, 0.2) is 5.60 Å². The number of aliphatic hydroxyl groups is 1. The molecule has 11 heteroatoms. The fourth-order valence-electron chi connectivity index (χ4n) is 9.17. The van der Waals surface area contributed by atoms with Gasteiger partial charge in [0.2, 0.25) is 11.8 Å². The van der Waals surface area contributed by atoms with Crippen LogP contribution in [0.4, 0.5) is 11.4 Å². The van der Waals surface area contributed by atoms with Crippen LogP contribution < -0.4 is 25.5 Å². The van der Waals surface area contributed by atoms with E-state index in [0.717, 1.165) is 47.1 Å². The molecular formula is C44H52N4O6Si. The summed E-state index contributed by atoms with van der Waals surface area (Å²) in [5.74, 6) is -0.00528. The molecule has 0 aromatic heterocycles. The van der Waals surface area contributed by atoms with Crippen molar-refractivity contribution in [1.82, 2.24) is 10.2 Å². The summed E-state index contributed by atoms with van der Waals surface area (Å²) in [5.41, 5.74) is 2.39. The molecule has 0 saturated carbocycles. The molecule has 4 aromatic carbocycles. The minimum absolute atomic E-state index is 0.0429. The average molecular weight is 761 g/mol. The molecular weight excluding hydrogens is 709 g/mol. The van der Waals surface area contributed by atoms with E-state index in [1.807, 2.05) is 95.9 Å². The summed E-state index contributed by atoms with van der Waals surface area (Å²) in [6.45, 7) is 8.18. The van der Waals surface area contributed by atoms with Crippen LogP contribution in [0.2, 0.25) is 18.6 Å². The van der Waals surface area contributed by atoms with E-state index in [1.165, 1.54) is 0 Å². The summed E-state index contributed by atoms with van der Waals surface area (Å²) in [7, 11) is -0.902. The van der Waals surface area contributed by atoms with Gasteiger partial charge in [0.05, 0.1) is 52.6 Å². The zero-order valence-corrected chi connectivity index (χ0v) is 33.2. The molecule has 1 spiro atoms. The molecule has 2 saturated heterocycles. The van der Waals surface area contributed by atoms with Crippen molar-refractivity contribution < 1.29 is 29.0 Å². The molecule has 288 valence electrons. The van der Waals surface area contributed by atoms with E-state index in [1.54, 1.807) is 12.0 Å². The normalized spacial score (nSPS) is 23.2. The fraction of sp³-hybridized carbons (Fsp3) is 0.386. The monoisotopic (exact) mass is 760 g/mol. The predicted molar refractivity (Wildman–Crippen MR) is 217 cm³/mol. The Hall–Kier alpha value is -4.81. The third-order valence-corrected chi connectivity index (χ3v) is 16.3. The molecule has 0 unspecified atom stereocenters. The van der Waals surface area contributed by atoms with Gasteiger partial charge < -0.3 is 35.0 Å². The maximum absolute atomic E-state index is 15.3. The molecule has 3 aliphatic rings. The van der Waals surface area contributed by atoms with E-state index in [0.29, 0.717) is 24.3 Å². The first-order valence-corrected chi connectivity index (χ1v) is 22.4. The summed E-state index contributed by atoms with van der Waals surface area (Å²) in [6, 6.07) is 33.2. The Bertz CT molecular complexity index is 1990. The third kappa shape index (κ3) is 7.46. The van der Waals surface area contributed by atoms with Crippen molar-refractivity contribution in [1.29, 1.82) is 0 Å². The van der Waals surface area contributed by atoms with Crippen molar-refractivity contribution in [3.63, 3.8) is 0 Å². The van der Waals surface area contributed by atoms with Gasteiger partial charge in [-0.3, -0.25) is 14.4 Å². The summed E-state index contributed by atoms with van der Waals surface area (Å²) >= 11 is 0. The van der Waals surface area contributed by atoms with Crippen LogP contribution in [0.25, 0.3) is 0 Å².